The Bertz CT molecular complexity index is 1520. The number of aryl methyl sites for hydroxylation is 2. The van der Waals surface area contributed by atoms with Gasteiger partial charge in [-0.25, -0.2) is 14.4 Å². The van der Waals surface area contributed by atoms with Crippen LogP contribution >= 0.6 is 0 Å². The summed E-state index contributed by atoms with van der Waals surface area (Å²) in [6.45, 7) is 3.37. The fourth-order valence-corrected chi connectivity index (χ4v) is 4.30. The second-order valence-corrected chi connectivity index (χ2v) is 8.24. The fraction of sp³-hybridized carbons (Fsp3) is 0.167. The van der Waals surface area contributed by atoms with Gasteiger partial charge in [-0.05, 0) is 36.1 Å². The standard InChI is InChI=1S/C24H21FN8/c1-14-19(11-27-12-21(14)26)18-6-15-8-22(29-10-16(15)7-20(18)25)30-23-9-17-2-4-32-5-3-28-24(32)13-33(17)31-23/h3,5-12H,2,4,13,26H2,1H3,(H,29,30,31). The van der Waals surface area contributed by atoms with E-state index < -0.39 is 0 Å². The van der Waals surface area contributed by atoms with Gasteiger partial charge in [0, 0.05) is 66.0 Å². The second-order valence-electron chi connectivity index (χ2n) is 8.24. The molecule has 1 aromatic carbocycles. The predicted octanol–water partition coefficient (Wildman–Crippen LogP) is 4.07. The maximum Gasteiger partial charge on any atom is 0.153 e. The molecule has 0 saturated heterocycles. The number of nitrogens with zero attached hydrogens (tertiary/aromatic N) is 6. The minimum atomic E-state index is -0.336. The molecule has 0 spiro atoms. The molecule has 5 aromatic rings. The van der Waals surface area contributed by atoms with Crippen LogP contribution in [0.5, 0.6) is 0 Å². The number of hydrogen-bond donors (Lipinski definition) is 2. The number of fused-ring (bicyclic) bond motifs is 3. The van der Waals surface area contributed by atoms with Crippen molar-refractivity contribution in [3.63, 3.8) is 0 Å². The second kappa shape index (κ2) is 7.40. The van der Waals surface area contributed by atoms with E-state index in [4.69, 9.17) is 10.8 Å². The lowest BCUT2D eigenvalue weighted by Crippen LogP contribution is -2.06. The number of nitrogens with one attached hydrogen (secondary N) is 1. The van der Waals surface area contributed by atoms with E-state index in [9.17, 15) is 4.39 Å². The third-order valence-corrected chi connectivity index (χ3v) is 6.17. The Morgan fingerprint density at radius 3 is 2.82 bits per heavy atom. The van der Waals surface area contributed by atoms with Crippen molar-refractivity contribution >= 4 is 28.1 Å². The molecule has 3 N–H and O–H groups in total. The number of imidazole rings is 1. The minimum Gasteiger partial charge on any atom is -0.397 e. The monoisotopic (exact) mass is 440 g/mol. The van der Waals surface area contributed by atoms with E-state index in [0.717, 1.165) is 41.3 Å². The molecule has 0 unspecified atom stereocenters. The number of pyridine rings is 2. The van der Waals surface area contributed by atoms with Gasteiger partial charge in [-0.15, -0.1) is 0 Å². The van der Waals surface area contributed by atoms with Gasteiger partial charge >= 0.3 is 0 Å². The number of rotatable bonds is 3. The third kappa shape index (κ3) is 3.38. The highest BCUT2D eigenvalue weighted by molar-refractivity contribution is 5.90. The Labute approximate surface area is 188 Å². The van der Waals surface area contributed by atoms with Gasteiger partial charge in [-0.3, -0.25) is 9.67 Å². The van der Waals surface area contributed by atoms with Crippen LogP contribution in [0.15, 0.2) is 55.2 Å². The Morgan fingerprint density at radius 1 is 1.00 bits per heavy atom. The lowest BCUT2D eigenvalue weighted by atomic mass is 9.99. The first-order chi connectivity index (χ1) is 16.0. The predicted molar refractivity (Wildman–Crippen MR) is 125 cm³/mol. The molecule has 1 aliphatic rings. The summed E-state index contributed by atoms with van der Waals surface area (Å²) in [5.74, 6) is 2.01. The largest absolute Gasteiger partial charge is 0.397 e. The molecule has 0 aliphatic carbocycles. The van der Waals surface area contributed by atoms with Gasteiger partial charge in [-0.2, -0.15) is 5.10 Å². The van der Waals surface area contributed by atoms with Crippen molar-refractivity contribution in [2.75, 3.05) is 11.1 Å². The molecule has 8 nitrogen and oxygen atoms in total. The van der Waals surface area contributed by atoms with Gasteiger partial charge in [0.2, 0.25) is 0 Å². The van der Waals surface area contributed by atoms with Crippen LogP contribution in [0.4, 0.5) is 21.7 Å². The van der Waals surface area contributed by atoms with Crippen LogP contribution in [0.1, 0.15) is 17.1 Å². The van der Waals surface area contributed by atoms with Crippen LogP contribution < -0.4 is 11.1 Å². The zero-order valence-electron chi connectivity index (χ0n) is 18.0. The molecular formula is C24H21FN8. The SMILES string of the molecule is Cc1c(N)cncc1-c1cc2cc(Nc3cc4n(n3)Cc3nccn3CC4)ncc2cc1F. The average molecular weight is 440 g/mol. The first-order valence-electron chi connectivity index (χ1n) is 10.7. The molecule has 0 saturated carbocycles. The summed E-state index contributed by atoms with van der Waals surface area (Å²) >= 11 is 0. The maximum absolute atomic E-state index is 14.9. The number of aromatic nitrogens is 6. The molecule has 164 valence electrons. The van der Waals surface area contributed by atoms with E-state index in [1.807, 2.05) is 42.2 Å². The Kier molecular flexibility index (Phi) is 4.36. The van der Waals surface area contributed by atoms with E-state index in [-0.39, 0.29) is 5.82 Å². The lowest BCUT2D eigenvalue weighted by Gasteiger charge is -2.11. The number of nitrogen functional groups attached to an aromatic ring is 1. The molecule has 33 heavy (non-hydrogen) atoms. The fourth-order valence-electron chi connectivity index (χ4n) is 4.30. The molecule has 1 aliphatic heterocycles. The quantitative estimate of drug-likeness (QED) is 0.439. The molecule has 0 fully saturated rings. The highest BCUT2D eigenvalue weighted by Crippen LogP contribution is 2.32. The summed E-state index contributed by atoms with van der Waals surface area (Å²) in [4.78, 5) is 13.0. The summed E-state index contributed by atoms with van der Waals surface area (Å²) in [7, 11) is 0. The molecule has 0 radical (unpaired) electrons. The van der Waals surface area contributed by atoms with E-state index in [0.29, 0.717) is 34.6 Å². The van der Waals surface area contributed by atoms with Crippen LogP contribution in [-0.4, -0.2) is 29.3 Å². The van der Waals surface area contributed by atoms with Gasteiger partial charge in [0.05, 0.1) is 18.4 Å². The summed E-state index contributed by atoms with van der Waals surface area (Å²) in [6.07, 6.45) is 9.56. The van der Waals surface area contributed by atoms with E-state index >= 15 is 0 Å². The van der Waals surface area contributed by atoms with Gasteiger partial charge in [0.15, 0.2) is 5.82 Å². The molecule has 0 amide bonds. The Morgan fingerprint density at radius 2 is 1.91 bits per heavy atom. The van der Waals surface area contributed by atoms with Gasteiger partial charge in [0.25, 0.3) is 0 Å². The number of halogens is 1. The van der Waals surface area contributed by atoms with E-state index in [2.05, 4.69) is 24.8 Å². The molecular weight excluding hydrogens is 419 g/mol. The van der Waals surface area contributed by atoms with Crippen LogP contribution in [-0.2, 0) is 19.5 Å². The number of benzene rings is 1. The van der Waals surface area contributed by atoms with Crippen molar-refractivity contribution in [3.8, 4) is 11.1 Å². The molecule has 5 heterocycles. The number of nitrogens with two attached hydrogens (primary N) is 1. The van der Waals surface area contributed by atoms with Crippen molar-refractivity contribution in [1.29, 1.82) is 0 Å². The lowest BCUT2D eigenvalue weighted by molar-refractivity contribution is 0.633. The van der Waals surface area contributed by atoms with Crippen molar-refractivity contribution in [2.24, 2.45) is 0 Å². The van der Waals surface area contributed by atoms with Crippen molar-refractivity contribution < 1.29 is 4.39 Å². The zero-order valence-corrected chi connectivity index (χ0v) is 18.0. The summed E-state index contributed by atoms with van der Waals surface area (Å²) in [5.41, 5.74) is 9.59. The van der Waals surface area contributed by atoms with Crippen molar-refractivity contribution in [3.05, 3.63) is 78.1 Å². The average Bonchev–Trinajstić information content (AvgIpc) is 3.37. The first kappa shape index (κ1) is 19.4. The maximum atomic E-state index is 14.9. The number of hydrogen-bond acceptors (Lipinski definition) is 6. The summed E-state index contributed by atoms with van der Waals surface area (Å²) in [5, 5.41) is 9.55. The van der Waals surface area contributed by atoms with Crippen LogP contribution in [0.25, 0.3) is 21.9 Å². The van der Waals surface area contributed by atoms with E-state index in [1.54, 1.807) is 18.6 Å². The van der Waals surface area contributed by atoms with Crippen molar-refractivity contribution in [2.45, 2.75) is 26.4 Å². The summed E-state index contributed by atoms with van der Waals surface area (Å²) < 4.78 is 19.0. The van der Waals surface area contributed by atoms with Gasteiger partial charge < -0.3 is 15.6 Å². The Hall–Kier alpha value is -4.27. The highest BCUT2D eigenvalue weighted by atomic mass is 19.1. The first-order valence-corrected chi connectivity index (χ1v) is 10.7. The van der Waals surface area contributed by atoms with Gasteiger partial charge in [-0.1, -0.05) is 0 Å². The normalized spacial score (nSPS) is 12.9. The molecule has 4 aromatic heterocycles. The third-order valence-electron chi connectivity index (χ3n) is 6.17. The highest BCUT2D eigenvalue weighted by Gasteiger charge is 2.17. The minimum absolute atomic E-state index is 0.336. The van der Waals surface area contributed by atoms with Gasteiger partial charge in [0.1, 0.15) is 17.5 Å². The van der Waals surface area contributed by atoms with E-state index in [1.165, 1.54) is 6.07 Å². The number of anilines is 3. The molecule has 0 atom stereocenters. The molecule has 6 rings (SSSR count). The molecule has 9 heteroatoms. The van der Waals surface area contributed by atoms with Crippen molar-refractivity contribution in [1.82, 2.24) is 29.3 Å². The Balaban J connectivity index is 1.33. The van der Waals surface area contributed by atoms with Crippen LogP contribution in [0.3, 0.4) is 0 Å². The zero-order chi connectivity index (χ0) is 22.5. The summed E-state index contributed by atoms with van der Waals surface area (Å²) in [6, 6.07) is 7.23. The van der Waals surface area contributed by atoms with Crippen LogP contribution in [0, 0.1) is 12.7 Å². The topological polar surface area (TPSA) is 99.5 Å². The van der Waals surface area contributed by atoms with Crippen LogP contribution in [0.2, 0.25) is 0 Å². The molecule has 0 bridgehead atoms. The smallest absolute Gasteiger partial charge is 0.153 e.